The summed E-state index contributed by atoms with van der Waals surface area (Å²) in [5, 5.41) is 1.95. The molecule has 96 valence electrons. The van der Waals surface area contributed by atoms with Crippen molar-refractivity contribution >= 4 is 27.3 Å². The Morgan fingerprint density at radius 2 is 1.89 bits per heavy atom. The van der Waals surface area contributed by atoms with Gasteiger partial charge in [0.2, 0.25) is 0 Å². The summed E-state index contributed by atoms with van der Waals surface area (Å²) in [5.74, 6) is 0.685. The molecule has 0 aliphatic carbocycles. The molecule has 2 nitrogen and oxygen atoms in total. The summed E-state index contributed by atoms with van der Waals surface area (Å²) in [6, 6.07) is 6.82. The Morgan fingerprint density at radius 1 is 1.17 bits per heavy atom. The molecule has 1 unspecified atom stereocenters. The Morgan fingerprint density at radius 3 is 2.50 bits per heavy atom. The number of methoxy groups -OCH3 is 2. The van der Waals surface area contributed by atoms with Crippen LogP contribution in [0.15, 0.2) is 29.6 Å². The molecule has 18 heavy (non-hydrogen) atoms. The number of rotatable bonds is 4. The fraction of sp³-hybridized carbons (Fsp3) is 0.231. The van der Waals surface area contributed by atoms with Crippen LogP contribution in [0.3, 0.4) is 0 Å². The highest BCUT2D eigenvalue weighted by atomic mass is 79.9. The van der Waals surface area contributed by atoms with Crippen LogP contribution in [-0.4, -0.2) is 14.2 Å². The summed E-state index contributed by atoms with van der Waals surface area (Å²) in [7, 11) is 3.08. The van der Waals surface area contributed by atoms with Gasteiger partial charge in [-0.05, 0) is 29.1 Å². The van der Waals surface area contributed by atoms with Gasteiger partial charge in [0.05, 0.1) is 23.9 Å². The van der Waals surface area contributed by atoms with Crippen LogP contribution in [0.2, 0.25) is 0 Å². The lowest BCUT2D eigenvalue weighted by atomic mass is 10.1. The van der Waals surface area contributed by atoms with Crippen LogP contribution in [0.25, 0.3) is 0 Å². The third-order valence-electron chi connectivity index (χ3n) is 2.58. The van der Waals surface area contributed by atoms with Gasteiger partial charge in [-0.2, -0.15) is 0 Å². The van der Waals surface area contributed by atoms with Crippen LogP contribution in [0.5, 0.6) is 11.5 Å². The summed E-state index contributed by atoms with van der Waals surface area (Å²) >= 11 is 5.14. The van der Waals surface area contributed by atoms with Crippen molar-refractivity contribution in [2.75, 3.05) is 14.2 Å². The highest BCUT2D eigenvalue weighted by molar-refractivity contribution is 9.09. The first-order chi connectivity index (χ1) is 8.67. The molecule has 0 aliphatic rings. The lowest BCUT2D eigenvalue weighted by Crippen LogP contribution is -1.95. The van der Waals surface area contributed by atoms with Gasteiger partial charge < -0.3 is 9.47 Å². The third kappa shape index (κ3) is 2.52. The molecule has 0 saturated carbocycles. The van der Waals surface area contributed by atoms with E-state index in [1.807, 2.05) is 17.5 Å². The average Bonchev–Trinajstić information content (AvgIpc) is 2.86. The molecule has 0 amide bonds. The van der Waals surface area contributed by atoms with E-state index in [0.717, 1.165) is 16.2 Å². The van der Waals surface area contributed by atoms with E-state index in [4.69, 9.17) is 9.47 Å². The van der Waals surface area contributed by atoms with Gasteiger partial charge in [0.1, 0.15) is 5.75 Å². The normalized spacial score (nSPS) is 12.2. The van der Waals surface area contributed by atoms with Gasteiger partial charge >= 0.3 is 0 Å². The largest absolute Gasteiger partial charge is 0.496 e. The maximum Gasteiger partial charge on any atom is 0.165 e. The van der Waals surface area contributed by atoms with Gasteiger partial charge in [-0.15, -0.1) is 11.3 Å². The second kappa shape index (κ2) is 5.71. The van der Waals surface area contributed by atoms with Crippen LogP contribution in [0.1, 0.15) is 15.3 Å². The summed E-state index contributed by atoms with van der Waals surface area (Å²) in [6.45, 7) is 0. The molecule has 0 fully saturated rings. The van der Waals surface area contributed by atoms with E-state index >= 15 is 0 Å². The molecular weight excluding hydrogens is 319 g/mol. The smallest absolute Gasteiger partial charge is 0.165 e. The minimum absolute atomic E-state index is 0.0899. The van der Waals surface area contributed by atoms with Crippen LogP contribution < -0.4 is 9.47 Å². The maximum absolute atomic E-state index is 13.7. The zero-order chi connectivity index (χ0) is 13.1. The molecule has 2 aromatic rings. The predicted octanol–water partition coefficient (Wildman–Crippen LogP) is 4.39. The Kier molecular flexibility index (Phi) is 4.24. The van der Waals surface area contributed by atoms with Crippen molar-refractivity contribution in [1.29, 1.82) is 0 Å². The zero-order valence-electron chi connectivity index (χ0n) is 9.94. The van der Waals surface area contributed by atoms with Gasteiger partial charge in [0.25, 0.3) is 0 Å². The molecule has 5 heteroatoms. The molecule has 0 spiro atoms. The van der Waals surface area contributed by atoms with E-state index in [9.17, 15) is 4.39 Å². The monoisotopic (exact) mass is 330 g/mol. The molecule has 1 aromatic heterocycles. The van der Waals surface area contributed by atoms with Crippen LogP contribution in [0.4, 0.5) is 4.39 Å². The van der Waals surface area contributed by atoms with Crippen molar-refractivity contribution in [3.05, 3.63) is 45.9 Å². The van der Waals surface area contributed by atoms with E-state index in [2.05, 4.69) is 15.9 Å². The third-order valence-corrected chi connectivity index (χ3v) is 4.83. The Balaban J connectivity index is 2.34. The van der Waals surface area contributed by atoms with Gasteiger partial charge in [0, 0.05) is 0 Å². The molecule has 0 aliphatic heterocycles. The molecular formula is C13H12BrFO2S. The minimum Gasteiger partial charge on any atom is -0.496 e. The topological polar surface area (TPSA) is 18.5 Å². The quantitative estimate of drug-likeness (QED) is 0.774. The van der Waals surface area contributed by atoms with E-state index in [1.54, 1.807) is 24.5 Å². The van der Waals surface area contributed by atoms with E-state index in [0.29, 0.717) is 0 Å². The van der Waals surface area contributed by atoms with Crippen molar-refractivity contribution in [2.45, 2.75) is 4.83 Å². The second-order valence-electron chi connectivity index (χ2n) is 3.61. The zero-order valence-corrected chi connectivity index (χ0v) is 12.3. The predicted molar refractivity (Wildman–Crippen MR) is 74.6 cm³/mol. The fourth-order valence-corrected chi connectivity index (χ4v) is 3.35. The molecule has 0 N–H and O–H groups in total. The number of hydrogen-bond donors (Lipinski definition) is 0. The second-order valence-corrected chi connectivity index (χ2v) is 5.47. The number of alkyl halides is 1. The minimum atomic E-state index is -0.366. The Bertz CT molecular complexity index is 542. The van der Waals surface area contributed by atoms with E-state index < -0.39 is 0 Å². The highest BCUT2D eigenvalue weighted by Crippen LogP contribution is 2.40. The highest BCUT2D eigenvalue weighted by Gasteiger charge is 2.18. The molecule has 1 heterocycles. The Hall–Kier alpha value is -1.07. The van der Waals surface area contributed by atoms with Crippen molar-refractivity contribution in [1.82, 2.24) is 0 Å². The molecule has 2 rings (SSSR count). The molecule has 0 bridgehead atoms. The Labute approximate surface area is 117 Å². The number of ether oxygens (including phenoxy) is 2. The number of thiophene rings is 1. The molecule has 1 atom stereocenters. The van der Waals surface area contributed by atoms with Gasteiger partial charge in [-0.1, -0.05) is 22.0 Å². The van der Waals surface area contributed by atoms with E-state index in [1.165, 1.54) is 13.2 Å². The molecule has 0 radical (unpaired) electrons. The van der Waals surface area contributed by atoms with Crippen LogP contribution in [-0.2, 0) is 0 Å². The molecule has 0 saturated heterocycles. The summed E-state index contributed by atoms with van der Waals surface area (Å²) < 4.78 is 23.8. The van der Waals surface area contributed by atoms with Gasteiger partial charge in [-0.3, -0.25) is 0 Å². The van der Waals surface area contributed by atoms with E-state index in [-0.39, 0.29) is 16.4 Å². The standard InChI is InChI=1S/C13H12BrFO2S/c1-16-10-4-3-8(7-9(10)15)12(14)13-11(17-2)5-6-18-13/h3-7,12H,1-2H3. The first kappa shape index (κ1) is 13.4. The van der Waals surface area contributed by atoms with Crippen molar-refractivity contribution in [3.63, 3.8) is 0 Å². The summed E-state index contributed by atoms with van der Waals surface area (Å²) in [5.41, 5.74) is 0.828. The first-order valence-corrected chi connectivity index (χ1v) is 7.05. The van der Waals surface area contributed by atoms with Gasteiger partial charge in [-0.25, -0.2) is 4.39 Å². The van der Waals surface area contributed by atoms with Gasteiger partial charge in [0.15, 0.2) is 11.6 Å². The average molecular weight is 331 g/mol. The summed E-state index contributed by atoms with van der Waals surface area (Å²) in [4.78, 5) is 0.926. The lowest BCUT2D eigenvalue weighted by molar-refractivity contribution is 0.386. The summed E-state index contributed by atoms with van der Waals surface area (Å²) in [6.07, 6.45) is 0. The SMILES string of the molecule is COc1ccc(C(Br)c2sccc2OC)cc1F. The van der Waals surface area contributed by atoms with Crippen molar-refractivity contribution in [2.24, 2.45) is 0 Å². The fourth-order valence-electron chi connectivity index (χ4n) is 1.65. The van der Waals surface area contributed by atoms with Crippen LogP contribution in [0, 0.1) is 5.82 Å². The number of halogens is 2. The first-order valence-electron chi connectivity index (χ1n) is 5.26. The number of benzene rings is 1. The molecule has 1 aromatic carbocycles. The number of hydrogen-bond acceptors (Lipinski definition) is 3. The maximum atomic E-state index is 13.7. The van der Waals surface area contributed by atoms with Crippen LogP contribution >= 0.6 is 27.3 Å². The lowest BCUT2D eigenvalue weighted by Gasteiger charge is -2.12. The van der Waals surface area contributed by atoms with Crippen molar-refractivity contribution < 1.29 is 13.9 Å². The van der Waals surface area contributed by atoms with Crippen molar-refractivity contribution in [3.8, 4) is 11.5 Å².